The number of guanidine groups is 1. The molecule has 2 rings (SSSR count). The van der Waals surface area contributed by atoms with Crippen LogP contribution in [0.1, 0.15) is 20.8 Å². The van der Waals surface area contributed by atoms with E-state index in [1.165, 1.54) is 0 Å². The number of nitrogens with two attached hydrogens (primary N) is 1. The molecule has 0 bridgehead atoms. The van der Waals surface area contributed by atoms with Crippen molar-refractivity contribution in [3.63, 3.8) is 0 Å². The van der Waals surface area contributed by atoms with Crippen molar-refractivity contribution < 1.29 is 0 Å². The maximum atomic E-state index is 6.17. The fourth-order valence-electron chi connectivity index (χ4n) is 2.79. The summed E-state index contributed by atoms with van der Waals surface area (Å²) in [5, 5.41) is 3.12. The van der Waals surface area contributed by atoms with E-state index < -0.39 is 0 Å². The molecule has 0 aromatic carbocycles. The van der Waals surface area contributed by atoms with E-state index in [1.54, 1.807) is 11.3 Å². The minimum absolute atomic E-state index is 0.435. The summed E-state index contributed by atoms with van der Waals surface area (Å²) >= 11 is 1.69. The van der Waals surface area contributed by atoms with Crippen LogP contribution < -0.4 is 10.6 Å². The van der Waals surface area contributed by atoms with Crippen LogP contribution in [0.3, 0.4) is 0 Å². The minimum atomic E-state index is 0.435. The molecule has 1 aromatic rings. The lowest BCUT2D eigenvalue weighted by Crippen LogP contribution is -2.51. The molecule has 1 aliphatic heterocycles. The molecule has 7 heteroatoms. The predicted octanol–water partition coefficient (Wildman–Crippen LogP) is 1.31. The second-order valence-electron chi connectivity index (χ2n) is 5.56. The van der Waals surface area contributed by atoms with Gasteiger partial charge in [0.1, 0.15) is 0 Å². The Morgan fingerprint density at radius 3 is 2.59 bits per heavy atom. The number of aliphatic imine (C=N–C) groups is 1. The van der Waals surface area contributed by atoms with Crippen LogP contribution in [-0.2, 0) is 0 Å². The zero-order chi connectivity index (χ0) is 15.9. The van der Waals surface area contributed by atoms with Crippen LogP contribution in [0, 0.1) is 0 Å². The summed E-state index contributed by atoms with van der Waals surface area (Å²) in [5.74, 6) is 0.679. The molecule has 0 saturated carbocycles. The Kier molecular flexibility index (Phi) is 6.45. The van der Waals surface area contributed by atoms with Gasteiger partial charge in [0.25, 0.3) is 0 Å². The Balaban J connectivity index is 1.81. The first-order chi connectivity index (χ1) is 10.7. The van der Waals surface area contributed by atoms with Crippen LogP contribution in [0.15, 0.2) is 16.6 Å². The standard InChI is InChI=1S/C15H28N6S/c1-4-19(5-2)13(3)12-18-14(16)20-7-9-21(10-8-20)15-17-6-11-22-15/h6,11,13H,4-5,7-10,12H2,1-3H3,(H2,16,18). The predicted molar refractivity (Wildman–Crippen MR) is 94.8 cm³/mol. The molecular formula is C15H28N6S. The average molecular weight is 324 g/mol. The zero-order valence-corrected chi connectivity index (χ0v) is 14.7. The van der Waals surface area contributed by atoms with Gasteiger partial charge in [-0.25, -0.2) is 4.98 Å². The van der Waals surface area contributed by atoms with Crippen molar-refractivity contribution in [3.8, 4) is 0 Å². The summed E-state index contributed by atoms with van der Waals surface area (Å²) < 4.78 is 0. The second-order valence-corrected chi connectivity index (χ2v) is 6.43. The Hall–Kier alpha value is -1.34. The van der Waals surface area contributed by atoms with E-state index in [-0.39, 0.29) is 0 Å². The summed E-state index contributed by atoms with van der Waals surface area (Å²) in [4.78, 5) is 15.9. The van der Waals surface area contributed by atoms with Crippen LogP contribution in [-0.4, -0.2) is 72.6 Å². The molecule has 1 aromatic heterocycles. The molecule has 6 nitrogen and oxygen atoms in total. The van der Waals surface area contributed by atoms with Gasteiger partial charge in [0.2, 0.25) is 0 Å². The van der Waals surface area contributed by atoms with Gasteiger partial charge in [-0.2, -0.15) is 0 Å². The van der Waals surface area contributed by atoms with Crippen molar-refractivity contribution in [1.82, 2.24) is 14.8 Å². The van der Waals surface area contributed by atoms with E-state index in [0.717, 1.165) is 50.9 Å². The third-order valence-corrected chi connectivity index (χ3v) is 5.08. The third kappa shape index (κ3) is 4.33. The summed E-state index contributed by atoms with van der Waals surface area (Å²) in [5.41, 5.74) is 6.17. The highest BCUT2D eigenvalue weighted by atomic mass is 32.1. The lowest BCUT2D eigenvalue weighted by Gasteiger charge is -2.35. The Morgan fingerprint density at radius 1 is 1.36 bits per heavy atom. The summed E-state index contributed by atoms with van der Waals surface area (Å²) in [6.45, 7) is 13.2. The van der Waals surface area contributed by atoms with Crippen LogP contribution in [0.2, 0.25) is 0 Å². The highest BCUT2D eigenvalue weighted by Crippen LogP contribution is 2.18. The summed E-state index contributed by atoms with van der Waals surface area (Å²) in [7, 11) is 0. The highest BCUT2D eigenvalue weighted by molar-refractivity contribution is 7.13. The summed E-state index contributed by atoms with van der Waals surface area (Å²) in [6.07, 6.45) is 1.86. The number of likely N-dealkylation sites (N-methyl/N-ethyl adjacent to an activating group) is 1. The number of hydrogen-bond acceptors (Lipinski definition) is 5. The van der Waals surface area contributed by atoms with Gasteiger partial charge >= 0.3 is 0 Å². The fourth-order valence-corrected chi connectivity index (χ4v) is 3.48. The van der Waals surface area contributed by atoms with E-state index in [1.807, 2.05) is 11.6 Å². The van der Waals surface area contributed by atoms with E-state index in [0.29, 0.717) is 12.0 Å². The Morgan fingerprint density at radius 2 is 2.05 bits per heavy atom. The van der Waals surface area contributed by atoms with Crippen molar-refractivity contribution >= 4 is 22.4 Å². The third-order valence-electron chi connectivity index (χ3n) is 4.25. The molecule has 0 aliphatic carbocycles. The Bertz CT molecular complexity index is 449. The number of thiazole rings is 1. The van der Waals surface area contributed by atoms with Gasteiger partial charge in [-0.3, -0.25) is 9.89 Å². The van der Waals surface area contributed by atoms with Gasteiger partial charge in [0.15, 0.2) is 11.1 Å². The van der Waals surface area contributed by atoms with Crippen molar-refractivity contribution in [1.29, 1.82) is 0 Å². The van der Waals surface area contributed by atoms with Gasteiger partial charge in [0, 0.05) is 43.8 Å². The Labute approximate surface area is 137 Å². The number of aromatic nitrogens is 1. The molecule has 2 N–H and O–H groups in total. The van der Waals surface area contributed by atoms with Gasteiger partial charge in [-0.05, 0) is 20.0 Å². The lowest BCUT2D eigenvalue weighted by molar-refractivity contribution is 0.236. The highest BCUT2D eigenvalue weighted by Gasteiger charge is 2.20. The average Bonchev–Trinajstić information content (AvgIpc) is 3.08. The SMILES string of the molecule is CCN(CC)C(C)CN=C(N)N1CCN(c2nccs2)CC1. The first-order valence-corrected chi connectivity index (χ1v) is 8.97. The molecule has 1 aliphatic rings. The van der Waals surface area contributed by atoms with Crippen LogP contribution in [0.4, 0.5) is 5.13 Å². The number of anilines is 1. The lowest BCUT2D eigenvalue weighted by atomic mass is 10.3. The number of hydrogen-bond donors (Lipinski definition) is 1. The first kappa shape index (κ1) is 17.0. The van der Waals surface area contributed by atoms with E-state index in [4.69, 9.17) is 5.73 Å². The molecule has 1 fully saturated rings. The van der Waals surface area contributed by atoms with Gasteiger partial charge in [0.05, 0.1) is 6.54 Å². The zero-order valence-electron chi connectivity index (χ0n) is 13.9. The van der Waals surface area contributed by atoms with E-state index in [2.05, 4.69) is 45.4 Å². The molecule has 2 heterocycles. The molecule has 124 valence electrons. The van der Waals surface area contributed by atoms with Gasteiger partial charge in [-0.1, -0.05) is 13.8 Å². The second kappa shape index (κ2) is 8.33. The smallest absolute Gasteiger partial charge is 0.191 e. The minimum Gasteiger partial charge on any atom is -0.370 e. The molecule has 0 amide bonds. The maximum absolute atomic E-state index is 6.17. The van der Waals surface area contributed by atoms with E-state index in [9.17, 15) is 0 Å². The quantitative estimate of drug-likeness (QED) is 0.631. The van der Waals surface area contributed by atoms with Gasteiger partial charge in [-0.15, -0.1) is 11.3 Å². The largest absolute Gasteiger partial charge is 0.370 e. The van der Waals surface area contributed by atoms with Crippen molar-refractivity contribution in [2.75, 3.05) is 50.7 Å². The molecule has 0 radical (unpaired) electrons. The topological polar surface area (TPSA) is 61.0 Å². The normalized spacial score (nSPS) is 18.1. The molecule has 22 heavy (non-hydrogen) atoms. The van der Waals surface area contributed by atoms with Crippen molar-refractivity contribution in [3.05, 3.63) is 11.6 Å². The maximum Gasteiger partial charge on any atom is 0.191 e. The monoisotopic (exact) mass is 324 g/mol. The van der Waals surface area contributed by atoms with Crippen LogP contribution in [0.25, 0.3) is 0 Å². The van der Waals surface area contributed by atoms with Crippen molar-refractivity contribution in [2.24, 2.45) is 10.7 Å². The summed E-state index contributed by atoms with van der Waals surface area (Å²) in [6, 6.07) is 0.435. The first-order valence-electron chi connectivity index (χ1n) is 8.09. The van der Waals surface area contributed by atoms with E-state index >= 15 is 0 Å². The van der Waals surface area contributed by atoms with Crippen molar-refractivity contribution in [2.45, 2.75) is 26.8 Å². The van der Waals surface area contributed by atoms with Crippen LogP contribution >= 0.6 is 11.3 Å². The molecular weight excluding hydrogens is 296 g/mol. The van der Waals surface area contributed by atoms with Crippen LogP contribution in [0.5, 0.6) is 0 Å². The van der Waals surface area contributed by atoms with Gasteiger partial charge < -0.3 is 15.5 Å². The number of rotatable bonds is 6. The number of piperazine rings is 1. The molecule has 0 spiro atoms. The molecule has 1 unspecified atom stereocenters. The fraction of sp³-hybridized carbons (Fsp3) is 0.733. The number of nitrogens with zero attached hydrogens (tertiary/aromatic N) is 5. The molecule has 1 saturated heterocycles. The molecule has 1 atom stereocenters.